The van der Waals surface area contributed by atoms with E-state index in [0.717, 1.165) is 27.9 Å². The zero-order valence-corrected chi connectivity index (χ0v) is 12.7. The molecule has 0 saturated heterocycles. The Labute approximate surface area is 126 Å². The molecule has 0 fully saturated rings. The molecule has 0 N–H and O–H groups in total. The highest BCUT2D eigenvalue weighted by atomic mass is 32.1. The number of carbonyl (C=O) groups is 1. The van der Waals surface area contributed by atoms with Crippen LogP contribution in [-0.2, 0) is 19.9 Å². The summed E-state index contributed by atoms with van der Waals surface area (Å²) in [5.41, 5.74) is 1.89. The van der Waals surface area contributed by atoms with Gasteiger partial charge in [-0.25, -0.2) is 4.39 Å². The summed E-state index contributed by atoms with van der Waals surface area (Å²) < 4.78 is 15.8. The number of aromatic nitrogens is 2. The number of aryl methyl sites for hydroxylation is 2. The maximum atomic E-state index is 13.2. The summed E-state index contributed by atoms with van der Waals surface area (Å²) in [7, 11) is 1.85. The zero-order valence-electron chi connectivity index (χ0n) is 11.9. The minimum absolute atomic E-state index is 0.0438. The third-order valence-corrected chi connectivity index (χ3v) is 4.63. The summed E-state index contributed by atoms with van der Waals surface area (Å²) in [4.78, 5) is 13.1. The number of Topliss-reactive ketones (excluding diaryl/α,β-unsaturated/α-hetero) is 1. The summed E-state index contributed by atoms with van der Waals surface area (Å²) in [6.45, 7) is 2.04. The van der Waals surface area contributed by atoms with Crippen LogP contribution in [0.5, 0.6) is 0 Å². The fraction of sp³-hybridized carbons (Fsp3) is 0.250. The molecule has 2 heterocycles. The van der Waals surface area contributed by atoms with E-state index in [0.29, 0.717) is 11.3 Å². The third kappa shape index (κ3) is 2.74. The molecule has 5 heteroatoms. The first-order chi connectivity index (χ1) is 10.1. The molecule has 0 aliphatic heterocycles. The lowest BCUT2D eigenvalue weighted by Gasteiger charge is -1.99. The molecule has 0 saturated carbocycles. The first-order valence-corrected chi connectivity index (χ1v) is 7.62. The topological polar surface area (TPSA) is 34.9 Å². The predicted molar refractivity (Wildman–Crippen MR) is 82.4 cm³/mol. The van der Waals surface area contributed by atoms with Crippen LogP contribution < -0.4 is 0 Å². The van der Waals surface area contributed by atoms with Crippen molar-refractivity contribution >= 4 is 27.2 Å². The van der Waals surface area contributed by atoms with E-state index in [2.05, 4.69) is 5.10 Å². The van der Waals surface area contributed by atoms with Gasteiger partial charge in [0.25, 0.3) is 0 Å². The monoisotopic (exact) mass is 302 g/mol. The molecule has 0 aliphatic carbocycles. The standard InChI is InChI=1S/C16H15FN2OS/c1-3-12-8-13(19(2)18-12)9-14(20)16-6-10-4-5-11(17)7-15(10)21-16/h4-8H,3,9H2,1-2H3. The minimum Gasteiger partial charge on any atom is -0.293 e. The van der Waals surface area contributed by atoms with Gasteiger partial charge in [-0.2, -0.15) is 5.10 Å². The van der Waals surface area contributed by atoms with Gasteiger partial charge >= 0.3 is 0 Å². The van der Waals surface area contributed by atoms with E-state index in [1.54, 1.807) is 10.7 Å². The summed E-state index contributed by atoms with van der Waals surface area (Å²) in [5.74, 6) is -0.232. The van der Waals surface area contributed by atoms with Crippen LogP contribution in [-0.4, -0.2) is 15.6 Å². The number of ketones is 1. The molecule has 0 amide bonds. The van der Waals surface area contributed by atoms with Crippen LogP contribution in [0.2, 0.25) is 0 Å². The van der Waals surface area contributed by atoms with Crippen molar-refractivity contribution in [2.75, 3.05) is 0 Å². The van der Waals surface area contributed by atoms with Crippen molar-refractivity contribution < 1.29 is 9.18 Å². The average molecular weight is 302 g/mol. The van der Waals surface area contributed by atoms with E-state index >= 15 is 0 Å². The van der Waals surface area contributed by atoms with Crippen molar-refractivity contribution in [1.29, 1.82) is 0 Å². The SMILES string of the molecule is CCc1cc(CC(=O)c2cc3ccc(F)cc3s2)n(C)n1. The highest BCUT2D eigenvalue weighted by molar-refractivity contribution is 7.20. The molecule has 0 aliphatic rings. The Morgan fingerprint density at radius 1 is 1.33 bits per heavy atom. The Morgan fingerprint density at radius 3 is 2.86 bits per heavy atom. The zero-order chi connectivity index (χ0) is 15.0. The van der Waals surface area contributed by atoms with E-state index in [4.69, 9.17) is 0 Å². The highest BCUT2D eigenvalue weighted by Crippen LogP contribution is 2.27. The first-order valence-electron chi connectivity index (χ1n) is 6.81. The molecule has 0 spiro atoms. The third-order valence-electron chi connectivity index (χ3n) is 3.49. The predicted octanol–water partition coefficient (Wildman–Crippen LogP) is 3.76. The fourth-order valence-electron chi connectivity index (χ4n) is 2.30. The van der Waals surface area contributed by atoms with Crippen molar-refractivity contribution in [3.63, 3.8) is 0 Å². The number of benzene rings is 1. The van der Waals surface area contributed by atoms with Gasteiger partial charge in [0.1, 0.15) is 5.82 Å². The Hall–Kier alpha value is -2.01. The maximum Gasteiger partial charge on any atom is 0.178 e. The molecule has 3 nitrogen and oxygen atoms in total. The van der Waals surface area contributed by atoms with E-state index in [-0.39, 0.29) is 11.6 Å². The number of nitrogens with zero attached hydrogens (tertiary/aromatic N) is 2. The normalized spacial score (nSPS) is 11.2. The summed E-state index contributed by atoms with van der Waals surface area (Å²) in [5, 5.41) is 5.25. The number of halogens is 1. The fourth-order valence-corrected chi connectivity index (χ4v) is 3.33. The van der Waals surface area contributed by atoms with Crippen LogP contribution in [0.15, 0.2) is 30.3 Å². The van der Waals surface area contributed by atoms with Crippen molar-refractivity contribution in [2.45, 2.75) is 19.8 Å². The van der Waals surface area contributed by atoms with Gasteiger partial charge in [-0.05, 0) is 36.1 Å². The first kappa shape index (κ1) is 13.9. The van der Waals surface area contributed by atoms with E-state index in [9.17, 15) is 9.18 Å². The van der Waals surface area contributed by atoms with Gasteiger partial charge in [-0.3, -0.25) is 9.48 Å². The van der Waals surface area contributed by atoms with Gasteiger partial charge in [0, 0.05) is 17.4 Å². The van der Waals surface area contributed by atoms with Crippen LogP contribution >= 0.6 is 11.3 Å². The molecule has 0 radical (unpaired) electrons. The number of carbonyl (C=O) groups excluding carboxylic acids is 1. The van der Waals surface area contributed by atoms with Crippen molar-refractivity contribution in [3.8, 4) is 0 Å². The number of hydrogen-bond acceptors (Lipinski definition) is 3. The molecule has 1 aromatic carbocycles. The van der Waals surface area contributed by atoms with Crippen LogP contribution in [0.4, 0.5) is 4.39 Å². The van der Waals surface area contributed by atoms with Crippen LogP contribution in [0.3, 0.4) is 0 Å². The molecule has 108 valence electrons. The molecule has 2 aromatic heterocycles. The summed E-state index contributed by atoms with van der Waals surface area (Å²) in [6.07, 6.45) is 1.17. The largest absolute Gasteiger partial charge is 0.293 e. The van der Waals surface area contributed by atoms with Gasteiger partial charge in [-0.1, -0.05) is 13.0 Å². The number of hydrogen-bond donors (Lipinski definition) is 0. The van der Waals surface area contributed by atoms with Gasteiger partial charge in [-0.15, -0.1) is 11.3 Å². The van der Waals surface area contributed by atoms with Gasteiger partial charge < -0.3 is 0 Å². The van der Waals surface area contributed by atoms with Gasteiger partial charge in [0.15, 0.2) is 5.78 Å². The van der Waals surface area contributed by atoms with Gasteiger partial charge in [0.2, 0.25) is 0 Å². The maximum absolute atomic E-state index is 13.2. The average Bonchev–Trinajstić information content (AvgIpc) is 3.02. The van der Waals surface area contributed by atoms with Crippen LogP contribution in [0, 0.1) is 5.82 Å². The highest BCUT2D eigenvalue weighted by Gasteiger charge is 2.14. The molecule has 0 atom stereocenters. The van der Waals surface area contributed by atoms with Crippen LogP contribution in [0.1, 0.15) is 28.0 Å². The summed E-state index contributed by atoms with van der Waals surface area (Å²) >= 11 is 1.34. The van der Waals surface area contributed by atoms with Crippen molar-refractivity contribution in [3.05, 3.63) is 52.4 Å². The van der Waals surface area contributed by atoms with E-state index in [1.165, 1.54) is 23.5 Å². The van der Waals surface area contributed by atoms with Crippen molar-refractivity contribution in [1.82, 2.24) is 9.78 Å². The lowest BCUT2D eigenvalue weighted by atomic mass is 10.1. The molecule has 3 aromatic rings. The number of rotatable bonds is 4. The lowest BCUT2D eigenvalue weighted by molar-refractivity contribution is 0.0994. The minimum atomic E-state index is -0.275. The van der Waals surface area contributed by atoms with Crippen molar-refractivity contribution in [2.24, 2.45) is 7.05 Å². The molecule has 3 rings (SSSR count). The second-order valence-corrected chi connectivity index (χ2v) is 6.08. The van der Waals surface area contributed by atoms with Gasteiger partial charge in [0.05, 0.1) is 17.0 Å². The summed E-state index contributed by atoms with van der Waals surface area (Å²) in [6, 6.07) is 8.38. The van der Waals surface area contributed by atoms with E-state index in [1.807, 2.05) is 26.1 Å². The molecule has 0 bridgehead atoms. The molecule has 21 heavy (non-hydrogen) atoms. The Balaban J connectivity index is 1.87. The second-order valence-electron chi connectivity index (χ2n) is 5.00. The Bertz CT molecular complexity index is 819. The van der Waals surface area contributed by atoms with E-state index < -0.39 is 0 Å². The molecular formula is C16H15FN2OS. The molecule has 0 unspecified atom stereocenters. The lowest BCUT2D eigenvalue weighted by Crippen LogP contribution is -2.06. The van der Waals surface area contributed by atoms with Crippen LogP contribution in [0.25, 0.3) is 10.1 Å². The Morgan fingerprint density at radius 2 is 2.14 bits per heavy atom. The number of fused-ring (bicyclic) bond motifs is 1. The quantitative estimate of drug-likeness (QED) is 0.688. The molecular weight excluding hydrogens is 287 g/mol. The Kier molecular flexibility index (Phi) is 3.59. The number of thiophene rings is 1. The second kappa shape index (κ2) is 5.41. The smallest absolute Gasteiger partial charge is 0.178 e.